The molecule has 0 aliphatic carbocycles. The van der Waals surface area contributed by atoms with Crippen molar-refractivity contribution in [2.24, 2.45) is 0 Å². The Morgan fingerprint density at radius 2 is 1.80 bits per heavy atom. The summed E-state index contributed by atoms with van der Waals surface area (Å²) in [6, 6.07) is 17.9. The molecule has 0 saturated carbocycles. The van der Waals surface area contributed by atoms with Gasteiger partial charge in [-0.3, -0.25) is 9.59 Å². The Balaban J connectivity index is 1.59. The summed E-state index contributed by atoms with van der Waals surface area (Å²) in [6.45, 7) is 2.29. The van der Waals surface area contributed by atoms with Crippen molar-refractivity contribution in [2.75, 3.05) is 16.8 Å². The largest absolute Gasteiger partial charge is 0.325 e. The number of fused-ring (bicyclic) bond motifs is 1. The van der Waals surface area contributed by atoms with E-state index in [9.17, 15) is 22.4 Å². The molecule has 0 bridgehead atoms. The van der Waals surface area contributed by atoms with Crippen molar-refractivity contribution in [1.29, 1.82) is 0 Å². The Labute approximate surface area is 204 Å². The van der Waals surface area contributed by atoms with Crippen LogP contribution in [0, 0.1) is 5.82 Å². The van der Waals surface area contributed by atoms with Gasteiger partial charge in [0.1, 0.15) is 11.9 Å². The number of halogens is 1. The van der Waals surface area contributed by atoms with Crippen molar-refractivity contribution in [1.82, 2.24) is 4.72 Å². The van der Waals surface area contributed by atoms with Gasteiger partial charge in [-0.2, -0.15) is 4.72 Å². The highest BCUT2D eigenvalue weighted by atomic mass is 32.2. The zero-order valence-corrected chi connectivity index (χ0v) is 20.0. The minimum absolute atomic E-state index is 0.0127. The van der Waals surface area contributed by atoms with Crippen LogP contribution in [0.3, 0.4) is 0 Å². The molecule has 1 aliphatic heterocycles. The van der Waals surface area contributed by atoms with Crippen LogP contribution in [-0.4, -0.2) is 32.8 Å². The van der Waals surface area contributed by atoms with Gasteiger partial charge in [0.2, 0.25) is 21.8 Å². The number of anilines is 2. The van der Waals surface area contributed by atoms with Gasteiger partial charge in [-0.25, -0.2) is 12.8 Å². The van der Waals surface area contributed by atoms with Crippen LogP contribution >= 0.6 is 0 Å². The number of amides is 2. The molecule has 35 heavy (non-hydrogen) atoms. The second-order valence-electron chi connectivity index (χ2n) is 8.30. The van der Waals surface area contributed by atoms with Crippen molar-refractivity contribution in [3.63, 3.8) is 0 Å². The number of carbonyl (C=O) groups excluding carboxylic acids is 2. The Hall–Kier alpha value is -3.56. The maximum atomic E-state index is 13.6. The summed E-state index contributed by atoms with van der Waals surface area (Å²) in [5.41, 5.74) is 2.46. The zero-order valence-electron chi connectivity index (χ0n) is 19.2. The lowest BCUT2D eigenvalue weighted by Gasteiger charge is -2.20. The number of sulfonamides is 1. The van der Waals surface area contributed by atoms with Crippen LogP contribution in [0.15, 0.2) is 77.7 Å². The van der Waals surface area contributed by atoms with Gasteiger partial charge in [0.25, 0.3) is 0 Å². The molecule has 4 rings (SSSR count). The lowest BCUT2D eigenvalue weighted by molar-refractivity contribution is -0.118. The van der Waals surface area contributed by atoms with Gasteiger partial charge < -0.3 is 10.2 Å². The molecule has 3 aromatic carbocycles. The predicted octanol–water partition coefficient (Wildman–Crippen LogP) is 3.65. The third-order valence-corrected chi connectivity index (χ3v) is 7.32. The van der Waals surface area contributed by atoms with Gasteiger partial charge in [0.15, 0.2) is 0 Å². The van der Waals surface area contributed by atoms with Gasteiger partial charge in [0.05, 0.1) is 4.90 Å². The number of rotatable bonds is 8. The fourth-order valence-corrected chi connectivity index (χ4v) is 5.33. The van der Waals surface area contributed by atoms with Crippen LogP contribution in [0.25, 0.3) is 0 Å². The topological polar surface area (TPSA) is 95.6 Å². The average molecular weight is 496 g/mol. The van der Waals surface area contributed by atoms with E-state index in [0.717, 1.165) is 17.2 Å². The SMILES string of the molecule is CCC(=O)N1CCc2cc(S(=O)(=O)N[C@@H](Cc3ccccc3)C(=O)Nc3cccc(F)c3)ccc21. The van der Waals surface area contributed by atoms with Crippen LogP contribution in [0.4, 0.5) is 15.8 Å². The lowest BCUT2D eigenvalue weighted by Crippen LogP contribution is -2.45. The van der Waals surface area contributed by atoms with E-state index in [1.165, 1.54) is 24.3 Å². The number of hydrogen-bond donors (Lipinski definition) is 2. The van der Waals surface area contributed by atoms with Gasteiger partial charge in [-0.1, -0.05) is 43.3 Å². The first-order chi connectivity index (χ1) is 16.8. The first kappa shape index (κ1) is 24.6. The third-order valence-electron chi connectivity index (χ3n) is 5.85. The highest BCUT2D eigenvalue weighted by Gasteiger charge is 2.29. The van der Waals surface area contributed by atoms with Crippen molar-refractivity contribution >= 4 is 33.2 Å². The van der Waals surface area contributed by atoms with Crippen LogP contribution in [0.5, 0.6) is 0 Å². The normalized spacial score (nSPS) is 13.8. The minimum Gasteiger partial charge on any atom is -0.325 e. The highest BCUT2D eigenvalue weighted by Crippen LogP contribution is 2.30. The molecule has 0 aromatic heterocycles. The first-order valence-corrected chi connectivity index (χ1v) is 12.8. The predicted molar refractivity (Wildman–Crippen MR) is 132 cm³/mol. The van der Waals surface area contributed by atoms with Gasteiger partial charge in [-0.05, 0) is 60.4 Å². The summed E-state index contributed by atoms with van der Waals surface area (Å²) >= 11 is 0. The van der Waals surface area contributed by atoms with E-state index in [4.69, 9.17) is 0 Å². The number of nitrogens with zero attached hydrogens (tertiary/aromatic N) is 1. The lowest BCUT2D eigenvalue weighted by atomic mass is 10.1. The fourth-order valence-electron chi connectivity index (χ4n) is 4.08. The number of benzene rings is 3. The Morgan fingerprint density at radius 1 is 1.03 bits per heavy atom. The van der Waals surface area contributed by atoms with E-state index in [1.807, 2.05) is 6.07 Å². The van der Waals surface area contributed by atoms with Crippen LogP contribution < -0.4 is 14.9 Å². The monoisotopic (exact) mass is 495 g/mol. The van der Waals surface area contributed by atoms with Gasteiger partial charge in [-0.15, -0.1) is 0 Å². The van der Waals surface area contributed by atoms with Crippen molar-refractivity contribution in [3.05, 3.63) is 89.7 Å². The Bertz CT molecular complexity index is 1350. The molecule has 2 N–H and O–H groups in total. The maximum Gasteiger partial charge on any atom is 0.242 e. The van der Waals surface area contributed by atoms with Crippen LogP contribution in [-0.2, 0) is 32.5 Å². The van der Waals surface area contributed by atoms with Crippen LogP contribution in [0.1, 0.15) is 24.5 Å². The molecule has 9 heteroatoms. The molecule has 0 spiro atoms. The molecule has 2 amide bonds. The fraction of sp³-hybridized carbons (Fsp3) is 0.231. The van der Waals surface area contributed by atoms with E-state index in [0.29, 0.717) is 25.1 Å². The summed E-state index contributed by atoms with van der Waals surface area (Å²) in [4.78, 5) is 26.9. The Kier molecular flexibility index (Phi) is 7.28. The second kappa shape index (κ2) is 10.4. The summed E-state index contributed by atoms with van der Waals surface area (Å²) in [6.07, 6.45) is 1.02. The molecule has 7 nitrogen and oxygen atoms in total. The standard InChI is InChI=1S/C26H26FN3O4S/c1-2-25(31)30-14-13-19-16-22(11-12-24(19)30)35(33,34)29-23(15-18-7-4-3-5-8-18)26(32)28-21-10-6-9-20(27)17-21/h3-12,16-17,23,29H,2,13-15H2,1H3,(H,28,32)/t23-/m0/s1. The van der Waals surface area contributed by atoms with Crippen molar-refractivity contribution in [3.8, 4) is 0 Å². The molecular formula is C26H26FN3O4S. The smallest absolute Gasteiger partial charge is 0.242 e. The molecule has 1 heterocycles. The van der Waals surface area contributed by atoms with Crippen molar-refractivity contribution < 1.29 is 22.4 Å². The van der Waals surface area contributed by atoms with Gasteiger partial charge in [0, 0.05) is 24.3 Å². The van der Waals surface area contributed by atoms with E-state index >= 15 is 0 Å². The first-order valence-electron chi connectivity index (χ1n) is 11.3. The number of nitrogens with one attached hydrogen (secondary N) is 2. The molecule has 1 atom stereocenters. The number of carbonyl (C=O) groups is 2. The summed E-state index contributed by atoms with van der Waals surface area (Å²) in [7, 11) is -4.08. The summed E-state index contributed by atoms with van der Waals surface area (Å²) in [5.74, 6) is -1.14. The summed E-state index contributed by atoms with van der Waals surface area (Å²) < 4.78 is 42.7. The molecule has 0 fully saturated rings. The second-order valence-corrected chi connectivity index (χ2v) is 10.0. The van der Waals surface area contributed by atoms with Gasteiger partial charge >= 0.3 is 0 Å². The van der Waals surface area contributed by atoms with E-state index in [1.54, 1.807) is 48.2 Å². The molecule has 1 aliphatic rings. The van der Waals surface area contributed by atoms with Crippen molar-refractivity contribution in [2.45, 2.75) is 37.1 Å². The maximum absolute atomic E-state index is 13.6. The van der Waals surface area contributed by atoms with E-state index in [-0.39, 0.29) is 22.9 Å². The summed E-state index contributed by atoms with van der Waals surface area (Å²) in [5, 5.41) is 2.59. The molecule has 0 radical (unpaired) electrons. The van der Waals surface area contributed by atoms with E-state index in [2.05, 4.69) is 10.0 Å². The molecule has 182 valence electrons. The zero-order chi connectivity index (χ0) is 25.0. The highest BCUT2D eigenvalue weighted by molar-refractivity contribution is 7.89. The molecule has 3 aromatic rings. The minimum atomic E-state index is -4.08. The Morgan fingerprint density at radius 3 is 2.51 bits per heavy atom. The van der Waals surface area contributed by atoms with Crippen LogP contribution in [0.2, 0.25) is 0 Å². The molecule has 0 unspecified atom stereocenters. The molecule has 0 saturated heterocycles. The third kappa shape index (κ3) is 5.75. The average Bonchev–Trinajstić information content (AvgIpc) is 3.27. The quantitative estimate of drug-likeness (QED) is 0.499. The number of hydrogen-bond acceptors (Lipinski definition) is 4. The van der Waals surface area contributed by atoms with E-state index < -0.39 is 27.8 Å². The molecular weight excluding hydrogens is 469 g/mol.